The molecule has 1 aromatic carbocycles. The molecule has 1 aliphatic rings. The van der Waals surface area contributed by atoms with Gasteiger partial charge in [0.25, 0.3) is 0 Å². The van der Waals surface area contributed by atoms with Crippen LogP contribution in [-0.4, -0.2) is 43.5 Å². The van der Waals surface area contributed by atoms with Gasteiger partial charge < -0.3 is 10.1 Å². The maximum absolute atomic E-state index is 14.1. The molecule has 0 radical (unpaired) electrons. The van der Waals surface area contributed by atoms with E-state index in [-0.39, 0.29) is 21.4 Å². The van der Waals surface area contributed by atoms with Crippen molar-refractivity contribution in [3.05, 3.63) is 40.4 Å². The van der Waals surface area contributed by atoms with Gasteiger partial charge in [0.2, 0.25) is 0 Å². The molecule has 2 heterocycles. The van der Waals surface area contributed by atoms with Crippen LogP contribution in [0.5, 0.6) is 0 Å². The van der Waals surface area contributed by atoms with Crippen LogP contribution in [0.2, 0.25) is 10.0 Å². The second-order valence-electron chi connectivity index (χ2n) is 6.32. The molecule has 0 bridgehead atoms. The highest BCUT2D eigenvalue weighted by molar-refractivity contribution is 7.91. The van der Waals surface area contributed by atoms with Crippen LogP contribution in [0.3, 0.4) is 0 Å². The normalized spacial score (nSPS) is 15.2. The summed E-state index contributed by atoms with van der Waals surface area (Å²) >= 11 is 11.5. The Hall–Kier alpha value is -2.08. The zero-order valence-corrected chi connectivity index (χ0v) is 17.6. The molecular formula is C16H18Cl2FN5O4S. The number of rotatable bonds is 5. The molecule has 13 heteroatoms. The summed E-state index contributed by atoms with van der Waals surface area (Å²) in [6.07, 6.45) is 3.78. The Kier molecular flexibility index (Phi) is 6.52. The number of anilines is 2. The Morgan fingerprint density at radius 3 is 2.66 bits per heavy atom. The molecule has 1 aromatic heterocycles. The van der Waals surface area contributed by atoms with Gasteiger partial charge in [-0.15, -0.1) is 0 Å². The summed E-state index contributed by atoms with van der Waals surface area (Å²) in [4.78, 5) is 12.3. The quantitative estimate of drug-likeness (QED) is 0.660. The number of nitrogens with one attached hydrogen (secondary N) is 2. The van der Waals surface area contributed by atoms with E-state index in [9.17, 15) is 17.6 Å². The van der Waals surface area contributed by atoms with Crippen LogP contribution in [0.1, 0.15) is 12.8 Å². The number of ether oxygens (including phenoxy) is 1. The van der Waals surface area contributed by atoms with E-state index < -0.39 is 28.1 Å². The average Bonchev–Trinajstić information content (AvgIpc) is 3.05. The molecule has 158 valence electrons. The van der Waals surface area contributed by atoms with E-state index in [1.165, 1.54) is 17.1 Å². The van der Waals surface area contributed by atoms with Crippen molar-refractivity contribution in [2.45, 2.75) is 18.9 Å². The number of carbonyl (C=O) groups excluding carboxylic acids is 1. The highest BCUT2D eigenvalue weighted by Gasteiger charge is 2.34. The monoisotopic (exact) mass is 465 g/mol. The van der Waals surface area contributed by atoms with Crippen molar-refractivity contribution >= 4 is 50.8 Å². The molecule has 29 heavy (non-hydrogen) atoms. The van der Waals surface area contributed by atoms with Crippen LogP contribution in [0.4, 0.5) is 20.6 Å². The summed E-state index contributed by atoms with van der Waals surface area (Å²) in [5.41, 5.74) is -0.0640. The number of nitrogens with zero attached hydrogens (tertiary/aromatic N) is 3. The Balaban J connectivity index is 1.83. The van der Waals surface area contributed by atoms with Crippen LogP contribution >= 0.6 is 23.2 Å². The fourth-order valence-corrected chi connectivity index (χ4v) is 4.80. The van der Waals surface area contributed by atoms with Gasteiger partial charge in [0.15, 0.2) is 5.82 Å². The van der Waals surface area contributed by atoms with Gasteiger partial charge >= 0.3 is 16.2 Å². The van der Waals surface area contributed by atoms with Gasteiger partial charge in [0.05, 0.1) is 28.6 Å². The summed E-state index contributed by atoms with van der Waals surface area (Å²) in [6.45, 7) is 0.769. The van der Waals surface area contributed by atoms with E-state index >= 15 is 0 Å². The van der Waals surface area contributed by atoms with Crippen LogP contribution in [-0.2, 0) is 22.0 Å². The number of carbonyl (C=O) groups is 1. The number of aromatic nitrogens is 2. The third-order valence-electron chi connectivity index (χ3n) is 4.19. The lowest BCUT2D eigenvalue weighted by atomic mass is 10.1. The van der Waals surface area contributed by atoms with E-state index in [2.05, 4.69) is 10.4 Å². The Morgan fingerprint density at radius 1 is 1.34 bits per heavy atom. The first-order chi connectivity index (χ1) is 13.7. The number of benzene rings is 1. The third-order valence-corrected chi connectivity index (χ3v) is 6.15. The Labute approximate surface area is 176 Å². The summed E-state index contributed by atoms with van der Waals surface area (Å²) in [5, 5.41) is 5.88. The van der Waals surface area contributed by atoms with Crippen molar-refractivity contribution in [3.63, 3.8) is 0 Å². The topological polar surface area (TPSA) is 106 Å². The highest BCUT2D eigenvalue weighted by atomic mass is 35.5. The van der Waals surface area contributed by atoms with Crippen LogP contribution < -0.4 is 14.3 Å². The van der Waals surface area contributed by atoms with E-state index in [1.807, 2.05) is 4.72 Å². The van der Waals surface area contributed by atoms with Gasteiger partial charge in [-0.25, -0.2) is 18.2 Å². The van der Waals surface area contributed by atoms with Crippen LogP contribution in [0.25, 0.3) is 0 Å². The molecule has 9 nitrogen and oxygen atoms in total. The second-order valence-corrected chi connectivity index (χ2v) is 8.71. The molecule has 2 amide bonds. The average molecular weight is 466 g/mol. The molecule has 2 aromatic rings. The van der Waals surface area contributed by atoms with Gasteiger partial charge in [-0.05, 0) is 25.0 Å². The molecule has 1 fully saturated rings. The second kappa shape index (κ2) is 8.74. The van der Waals surface area contributed by atoms with E-state index in [0.717, 1.165) is 16.4 Å². The van der Waals surface area contributed by atoms with Gasteiger partial charge in [-0.3, -0.25) is 4.68 Å². The lowest BCUT2D eigenvalue weighted by Gasteiger charge is -2.33. The fraction of sp³-hybridized carbons (Fsp3) is 0.375. The van der Waals surface area contributed by atoms with Crippen molar-refractivity contribution < 1.29 is 22.3 Å². The van der Waals surface area contributed by atoms with E-state index in [1.54, 1.807) is 7.05 Å². The minimum atomic E-state index is -4.34. The van der Waals surface area contributed by atoms with Gasteiger partial charge in [0, 0.05) is 31.5 Å². The molecule has 0 unspecified atom stereocenters. The zero-order valence-electron chi connectivity index (χ0n) is 15.2. The lowest BCUT2D eigenvalue weighted by molar-refractivity contribution is 0.0875. The van der Waals surface area contributed by atoms with Gasteiger partial charge in [0.1, 0.15) is 0 Å². The first kappa shape index (κ1) is 21.6. The van der Waals surface area contributed by atoms with Crippen molar-refractivity contribution in [3.8, 4) is 0 Å². The van der Waals surface area contributed by atoms with Crippen molar-refractivity contribution in [2.24, 2.45) is 7.05 Å². The van der Waals surface area contributed by atoms with Crippen LogP contribution in [0, 0.1) is 5.82 Å². The van der Waals surface area contributed by atoms with Crippen LogP contribution in [0.15, 0.2) is 24.5 Å². The number of aryl methyl sites for hydroxylation is 1. The molecule has 0 aliphatic carbocycles. The highest BCUT2D eigenvalue weighted by Crippen LogP contribution is 2.28. The molecule has 2 N–H and O–H groups in total. The first-order valence-corrected chi connectivity index (χ1v) is 10.7. The summed E-state index contributed by atoms with van der Waals surface area (Å²) in [5.74, 6) is -0.933. The molecule has 1 saturated heterocycles. The predicted octanol–water partition coefficient (Wildman–Crippen LogP) is 2.92. The van der Waals surface area contributed by atoms with Gasteiger partial charge in [-0.1, -0.05) is 23.2 Å². The number of urea groups is 1. The Bertz CT molecular complexity index is 1010. The number of hydrogen-bond donors (Lipinski definition) is 2. The smallest absolute Gasteiger partial charge is 0.334 e. The van der Waals surface area contributed by atoms with Crippen molar-refractivity contribution in [1.82, 2.24) is 14.5 Å². The van der Waals surface area contributed by atoms with Crippen molar-refractivity contribution in [1.29, 1.82) is 0 Å². The van der Waals surface area contributed by atoms with Crippen molar-refractivity contribution in [2.75, 3.05) is 22.8 Å². The number of amides is 2. The molecular weight excluding hydrogens is 448 g/mol. The van der Waals surface area contributed by atoms with E-state index in [4.69, 9.17) is 27.9 Å². The molecule has 0 saturated carbocycles. The molecule has 1 aliphatic heterocycles. The summed E-state index contributed by atoms with van der Waals surface area (Å²) in [6, 6.07) is 0.679. The maximum atomic E-state index is 14.1. The molecule has 0 atom stereocenters. The predicted molar refractivity (Wildman–Crippen MR) is 107 cm³/mol. The minimum Gasteiger partial charge on any atom is -0.381 e. The Morgan fingerprint density at radius 2 is 2.03 bits per heavy atom. The van der Waals surface area contributed by atoms with Gasteiger partial charge in [-0.2, -0.15) is 13.5 Å². The third kappa shape index (κ3) is 5.10. The lowest BCUT2D eigenvalue weighted by Crippen LogP contribution is -2.51. The van der Waals surface area contributed by atoms with E-state index in [0.29, 0.717) is 26.1 Å². The minimum absolute atomic E-state index is 0.0775. The SMILES string of the molecule is Cn1cc(N(C2CCOCC2)S(=O)(=O)NC(=O)Nc2cc(Cl)cc(Cl)c2F)cn1. The first-order valence-electron chi connectivity index (χ1n) is 8.51. The number of hydrogen-bond acceptors (Lipinski definition) is 5. The summed E-state index contributed by atoms with van der Waals surface area (Å²) in [7, 11) is -2.70. The number of halogens is 3. The standard InChI is InChI=1S/C16H18Cl2FN5O4S/c1-23-9-12(8-20-23)24(11-2-4-28-5-3-11)29(26,27)22-16(25)21-14-7-10(17)6-13(18)15(14)19/h6-9,11H,2-5H2,1H3,(H2,21,22,25). The zero-order chi connectivity index (χ0) is 21.2. The fourth-order valence-electron chi connectivity index (χ4n) is 2.95. The maximum Gasteiger partial charge on any atom is 0.334 e. The largest absolute Gasteiger partial charge is 0.381 e. The molecule has 3 rings (SSSR count). The molecule has 0 spiro atoms. The summed E-state index contributed by atoms with van der Waals surface area (Å²) < 4.78 is 49.8.